The summed E-state index contributed by atoms with van der Waals surface area (Å²) in [6, 6.07) is 1.89. The minimum atomic E-state index is -1.71. The third-order valence-electron chi connectivity index (χ3n) is 3.74. The van der Waals surface area contributed by atoms with Crippen LogP contribution in [0.5, 0.6) is 5.88 Å². The number of nitrogens with zero attached hydrogens (tertiary/aromatic N) is 2. The highest BCUT2D eigenvalue weighted by Gasteiger charge is 2.40. The van der Waals surface area contributed by atoms with Crippen LogP contribution < -0.4 is 4.74 Å². The highest BCUT2D eigenvalue weighted by molar-refractivity contribution is 6.74. The Hall–Kier alpha value is -0.813. The van der Waals surface area contributed by atoms with Crippen molar-refractivity contribution < 1.29 is 9.16 Å². The van der Waals surface area contributed by atoms with Gasteiger partial charge in [-0.15, -0.1) is 0 Å². The molecule has 0 fully saturated rings. The SMILES string of the molecule is CC(C)(C)[Si](C)(C)O[C@@H]1COc2ccnn2C1. The zero-order valence-electron chi connectivity index (χ0n) is 11.4. The highest BCUT2D eigenvalue weighted by atomic mass is 28.4. The lowest BCUT2D eigenvalue weighted by Gasteiger charge is -2.40. The first-order chi connectivity index (χ1) is 7.79. The van der Waals surface area contributed by atoms with Crippen molar-refractivity contribution in [2.24, 2.45) is 0 Å². The average molecular weight is 254 g/mol. The van der Waals surface area contributed by atoms with Gasteiger partial charge in [-0.3, -0.25) is 0 Å². The molecule has 0 unspecified atom stereocenters. The van der Waals surface area contributed by atoms with Crippen LogP contribution in [0.1, 0.15) is 20.8 Å². The number of rotatable bonds is 2. The second kappa shape index (κ2) is 4.14. The van der Waals surface area contributed by atoms with Gasteiger partial charge < -0.3 is 9.16 Å². The van der Waals surface area contributed by atoms with Crippen LogP contribution in [-0.2, 0) is 11.0 Å². The van der Waals surface area contributed by atoms with Gasteiger partial charge in [0, 0.05) is 6.07 Å². The number of aromatic nitrogens is 2. The van der Waals surface area contributed by atoms with Crippen LogP contribution in [0.3, 0.4) is 0 Å². The molecule has 0 aromatic carbocycles. The first-order valence-corrected chi connectivity index (χ1v) is 9.03. The van der Waals surface area contributed by atoms with E-state index in [-0.39, 0.29) is 11.1 Å². The minimum Gasteiger partial charge on any atom is -0.475 e. The Morgan fingerprint density at radius 2 is 2.18 bits per heavy atom. The summed E-state index contributed by atoms with van der Waals surface area (Å²) in [4.78, 5) is 0. The summed E-state index contributed by atoms with van der Waals surface area (Å²) in [6.07, 6.45) is 1.90. The van der Waals surface area contributed by atoms with Gasteiger partial charge in [0.25, 0.3) is 0 Å². The van der Waals surface area contributed by atoms with Gasteiger partial charge in [-0.2, -0.15) is 5.10 Å². The van der Waals surface area contributed by atoms with Gasteiger partial charge in [0.05, 0.1) is 18.8 Å². The van der Waals surface area contributed by atoms with Gasteiger partial charge in [0.1, 0.15) is 6.61 Å². The van der Waals surface area contributed by atoms with Crippen molar-refractivity contribution in [2.45, 2.75) is 51.6 Å². The van der Waals surface area contributed by atoms with Crippen LogP contribution >= 0.6 is 0 Å². The summed E-state index contributed by atoms with van der Waals surface area (Å²) < 4.78 is 13.8. The molecular weight excluding hydrogens is 232 g/mol. The second-order valence-corrected chi connectivity index (χ2v) is 10.9. The Labute approximate surface area is 104 Å². The molecular formula is C12H22N2O2Si. The fourth-order valence-corrected chi connectivity index (χ4v) is 3.00. The van der Waals surface area contributed by atoms with E-state index in [1.54, 1.807) is 6.20 Å². The molecule has 1 aliphatic rings. The fourth-order valence-electron chi connectivity index (χ4n) is 1.67. The molecule has 0 amide bonds. The molecule has 0 spiro atoms. The maximum absolute atomic E-state index is 6.32. The van der Waals surface area contributed by atoms with Crippen LogP contribution in [-0.4, -0.2) is 30.8 Å². The summed E-state index contributed by atoms with van der Waals surface area (Å²) >= 11 is 0. The summed E-state index contributed by atoms with van der Waals surface area (Å²) in [7, 11) is -1.71. The molecule has 2 heterocycles. The van der Waals surface area contributed by atoms with Crippen molar-refractivity contribution in [2.75, 3.05) is 6.61 Å². The standard InChI is InChI=1S/C12H22N2O2Si/c1-12(2,3)17(4,5)16-10-8-14-11(15-9-10)6-7-13-14/h6-7,10H,8-9H2,1-5H3/t10-/m0/s1. The first kappa shape index (κ1) is 12.6. The highest BCUT2D eigenvalue weighted by Crippen LogP contribution is 2.37. The van der Waals surface area contributed by atoms with E-state index in [9.17, 15) is 0 Å². The van der Waals surface area contributed by atoms with Crippen LogP contribution in [0.15, 0.2) is 12.3 Å². The van der Waals surface area contributed by atoms with Crippen molar-refractivity contribution in [3.8, 4) is 5.88 Å². The van der Waals surface area contributed by atoms with E-state index in [0.29, 0.717) is 6.61 Å². The molecule has 96 valence electrons. The van der Waals surface area contributed by atoms with Crippen LogP contribution in [0.2, 0.25) is 18.1 Å². The lowest BCUT2D eigenvalue weighted by atomic mass is 10.2. The zero-order valence-corrected chi connectivity index (χ0v) is 12.4. The third kappa shape index (κ3) is 2.55. The van der Waals surface area contributed by atoms with Crippen molar-refractivity contribution in [3.05, 3.63) is 12.3 Å². The first-order valence-electron chi connectivity index (χ1n) is 6.12. The molecule has 17 heavy (non-hydrogen) atoms. The molecule has 5 heteroatoms. The quantitative estimate of drug-likeness (QED) is 0.761. The van der Waals surface area contributed by atoms with E-state index in [1.165, 1.54) is 0 Å². The largest absolute Gasteiger partial charge is 0.475 e. The second-order valence-electron chi connectivity index (χ2n) is 6.16. The third-order valence-corrected chi connectivity index (χ3v) is 8.27. The molecule has 1 aromatic heterocycles. The van der Waals surface area contributed by atoms with E-state index < -0.39 is 8.32 Å². The van der Waals surface area contributed by atoms with Gasteiger partial charge in [-0.05, 0) is 18.1 Å². The van der Waals surface area contributed by atoms with E-state index >= 15 is 0 Å². The monoisotopic (exact) mass is 254 g/mol. The van der Waals surface area contributed by atoms with Gasteiger partial charge in [-0.1, -0.05) is 20.8 Å². The summed E-state index contributed by atoms with van der Waals surface area (Å²) in [5.41, 5.74) is 0. The molecule has 1 aliphatic heterocycles. The van der Waals surface area contributed by atoms with Crippen molar-refractivity contribution >= 4 is 8.32 Å². The fraction of sp³-hybridized carbons (Fsp3) is 0.750. The Bertz CT molecular complexity index is 395. The summed E-state index contributed by atoms with van der Waals surface area (Å²) in [6.45, 7) is 12.7. The van der Waals surface area contributed by atoms with Crippen LogP contribution in [0.25, 0.3) is 0 Å². The zero-order chi connectivity index (χ0) is 12.7. The van der Waals surface area contributed by atoms with E-state index in [4.69, 9.17) is 9.16 Å². The Kier molecular flexibility index (Phi) is 3.07. The van der Waals surface area contributed by atoms with Gasteiger partial charge in [-0.25, -0.2) is 4.68 Å². The lowest BCUT2D eigenvalue weighted by Crippen LogP contribution is -2.47. The Morgan fingerprint density at radius 1 is 1.47 bits per heavy atom. The summed E-state index contributed by atoms with van der Waals surface area (Å²) in [5.74, 6) is 0.847. The molecule has 0 radical (unpaired) electrons. The predicted octanol–water partition coefficient (Wildman–Crippen LogP) is 2.67. The number of hydrogen-bond donors (Lipinski definition) is 0. The van der Waals surface area contributed by atoms with Crippen LogP contribution in [0.4, 0.5) is 0 Å². The smallest absolute Gasteiger partial charge is 0.211 e. The topological polar surface area (TPSA) is 36.3 Å². The minimum absolute atomic E-state index is 0.128. The van der Waals surface area contributed by atoms with Crippen molar-refractivity contribution in [1.29, 1.82) is 0 Å². The molecule has 0 saturated carbocycles. The van der Waals surface area contributed by atoms with Crippen LogP contribution in [0, 0.1) is 0 Å². The Balaban J connectivity index is 2.03. The van der Waals surface area contributed by atoms with E-state index in [1.807, 2.05) is 10.7 Å². The number of hydrogen-bond acceptors (Lipinski definition) is 3. The van der Waals surface area contributed by atoms with Gasteiger partial charge in [0.15, 0.2) is 8.32 Å². The molecule has 4 nitrogen and oxygen atoms in total. The summed E-state index contributed by atoms with van der Waals surface area (Å²) in [5, 5.41) is 4.46. The molecule has 0 N–H and O–H groups in total. The molecule has 0 aliphatic carbocycles. The molecule has 0 bridgehead atoms. The predicted molar refractivity (Wildman–Crippen MR) is 69.8 cm³/mol. The molecule has 1 atom stereocenters. The average Bonchev–Trinajstić information content (AvgIpc) is 2.62. The number of ether oxygens (including phenoxy) is 1. The molecule has 0 saturated heterocycles. The van der Waals surface area contributed by atoms with Crippen molar-refractivity contribution in [3.63, 3.8) is 0 Å². The van der Waals surface area contributed by atoms with E-state index in [2.05, 4.69) is 39.0 Å². The number of fused-ring (bicyclic) bond motifs is 1. The van der Waals surface area contributed by atoms with Gasteiger partial charge >= 0.3 is 0 Å². The van der Waals surface area contributed by atoms with E-state index in [0.717, 1.165) is 12.4 Å². The maximum atomic E-state index is 6.32. The molecule has 1 aromatic rings. The Morgan fingerprint density at radius 3 is 2.82 bits per heavy atom. The lowest BCUT2D eigenvalue weighted by molar-refractivity contribution is 0.0636. The van der Waals surface area contributed by atoms with Gasteiger partial charge in [0.2, 0.25) is 5.88 Å². The van der Waals surface area contributed by atoms with Crippen molar-refractivity contribution in [1.82, 2.24) is 9.78 Å². The molecule has 2 rings (SSSR count). The maximum Gasteiger partial charge on any atom is 0.211 e. The normalized spacial score (nSPS) is 20.9.